The maximum Gasteiger partial charge on any atom is 0.342 e. The second kappa shape index (κ2) is 11.7. The van der Waals surface area contributed by atoms with Crippen molar-refractivity contribution in [2.75, 3.05) is 24.5 Å². The van der Waals surface area contributed by atoms with E-state index in [4.69, 9.17) is 14.7 Å². The number of anilines is 1. The van der Waals surface area contributed by atoms with Gasteiger partial charge in [-0.15, -0.1) is 0 Å². The van der Waals surface area contributed by atoms with Crippen LogP contribution in [-0.4, -0.2) is 47.6 Å². The lowest BCUT2D eigenvalue weighted by molar-refractivity contribution is 0.0378. The van der Waals surface area contributed by atoms with Crippen molar-refractivity contribution in [3.63, 3.8) is 0 Å². The molecular weight excluding hydrogens is 452 g/mol. The lowest BCUT2D eigenvalue weighted by Crippen LogP contribution is -2.37. The standard InChI is InChI=1S/C29H32N4O3/c1-4-32(19-23-9-13-26(14-10-23)36-25-11-7-22(18-30)8-12-25)24-15-17-33(20-24)28-27(6-5-16-31-28)29(34)35-21(2)3/h5-14,16,21,24H,4,15,17,19-20H2,1-3H3/t24-/m0/s1. The molecule has 2 heterocycles. The molecule has 1 fully saturated rings. The van der Waals surface area contributed by atoms with Gasteiger partial charge in [0.15, 0.2) is 0 Å². The van der Waals surface area contributed by atoms with Crippen molar-refractivity contribution in [1.82, 2.24) is 9.88 Å². The van der Waals surface area contributed by atoms with E-state index in [-0.39, 0.29) is 12.1 Å². The predicted octanol–water partition coefficient (Wildman–Crippen LogP) is 5.41. The Morgan fingerprint density at radius 1 is 1.14 bits per heavy atom. The molecule has 0 N–H and O–H groups in total. The molecule has 1 aliphatic rings. The third-order valence-corrected chi connectivity index (χ3v) is 6.26. The highest BCUT2D eigenvalue weighted by atomic mass is 16.5. The topological polar surface area (TPSA) is 78.7 Å². The molecule has 1 saturated heterocycles. The molecule has 7 nitrogen and oxygen atoms in total. The third-order valence-electron chi connectivity index (χ3n) is 6.26. The number of benzene rings is 2. The van der Waals surface area contributed by atoms with Crippen LogP contribution >= 0.6 is 0 Å². The zero-order valence-electron chi connectivity index (χ0n) is 21.1. The van der Waals surface area contributed by atoms with Gasteiger partial charge < -0.3 is 14.4 Å². The fraction of sp³-hybridized carbons (Fsp3) is 0.345. The van der Waals surface area contributed by atoms with E-state index >= 15 is 0 Å². The Hall–Kier alpha value is -3.89. The molecule has 0 spiro atoms. The van der Waals surface area contributed by atoms with Crippen LogP contribution in [0.2, 0.25) is 0 Å². The molecule has 0 bridgehead atoms. The van der Waals surface area contributed by atoms with Crippen LogP contribution in [0.3, 0.4) is 0 Å². The highest BCUT2D eigenvalue weighted by molar-refractivity contribution is 5.95. The second-order valence-electron chi connectivity index (χ2n) is 9.16. The summed E-state index contributed by atoms with van der Waals surface area (Å²) >= 11 is 0. The summed E-state index contributed by atoms with van der Waals surface area (Å²) in [4.78, 5) is 21.8. The van der Waals surface area contributed by atoms with Crippen molar-refractivity contribution in [3.05, 3.63) is 83.6 Å². The zero-order valence-corrected chi connectivity index (χ0v) is 21.1. The van der Waals surface area contributed by atoms with Crippen molar-refractivity contribution in [2.24, 2.45) is 0 Å². The fourth-order valence-corrected chi connectivity index (χ4v) is 4.45. The van der Waals surface area contributed by atoms with E-state index in [0.717, 1.165) is 38.3 Å². The number of rotatable bonds is 9. The lowest BCUT2D eigenvalue weighted by Gasteiger charge is -2.28. The summed E-state index contributed by atoms with van der Waals surface area (Å²) in [6.45, 7) is 9.29. The second-order valence-corrected chi connectivity index (χ2v) is 9.16. The van der Waals surface area contributed by atoms with Crippen molar-refractivity contribution in [3.8, 4) is 17.6 Å². The van der Waals surface area contributed by atoms with Gasteiger partial charge in [0.1, 0.15) is 22.9 Å². The molecule has 0 unspecified atom stereocenters. The van der Waals surface area contributed by atoms with E-state index in [1.807, 2.05) is 26.0 Å². The maximum atomic E-state index is 12.6. The summed E-state index contributed by atoms with van der Waals surface area (Å²) in [5.41, 5.74) is 2.34. The van der Waals surface area contributed by atoms with E-state index in [2.05, 4.69) is 39.9 Å². The van der Waals surface area contributed by atoms with Crippen LogP contribution in [0.5, 0.6) is 11.5 Å². The van der Waals surface area contributed by atoms with Gasteiger partial charge >= 0.3 is 5.97 Å². The van der Waals surface area contributed by atoms with Gasteiger partial charge in [-0.1, -0.05) is 19.1 Å². The molecule has 1 aliphatic heterocycles. The quantitative estimate of drug-likeness (QED) is 0.376. The van der Waals surface area contributed by atoms with Crippen molar-refractivity contribution >= 4 is 11.8 Å². The predicted molar refractivity (Wildman–Crippen MR) is 139 cm³/mol. The SMILES string of the molecule is CCN(Cc1ccc(Oc2ccc(C#N)cc2)cc1)[C@H]1CCN(c2ncccc2C(=O)OC(C)C)C1. The van der Waals surface area contributed by atoms with E-state index < -0.39 is 0 Å². The van der Waals surface area contributed by atoms with Gasteiger partial charge in [-0.2, -0.15) is 5.26 Å². The van der Waals surface area contributed by atoms with Crippen LogP contribution in [0.1, 0.15) is 48.7 Å². The minimum absolute atomic E-state index is 0.173. The molecule has 0 radical (unpaired) electrons. The normalized spacial score (nSPS) is 15.2. The number of pyridine rings is 1. The number of likely N-dealkylation sites (N-methyl/N-ethyl adjacent to an activating group) is 1. The maximum absolute atomic E-state index is 12.6. The molecule has 7 heteroatoms. The number of aromatic nitrogens is 1. The Morgan fingerprint density at radius 2 is 1.83 bits per heavy atom. The Bertz CT molecular complexity index is 1200. The summed E-state index contributed by atoms with van der Waals surface area (Å²) in [5, 5.41) is 8.94. The van der Waals surface area contributed by atoms with E-state index in [0.29, 0.717) is 28.7 Å². The minimum atomic E-state index is -0.327. The van der Waals surface area contributed by atoms with Gasteiger partial charge in [-0.3, -0.25) is 4.90 Å². The van der Waals surface area contributed by atoms with Crippen LogP contribution in [0.15, 0.2) is 66.9 Å². The van der Waals surface area contributed by atoms with Crippen LogP contribution in [0.4, 0.5) is 5.82 Å². The summed E-state index contributed by atoms with van der Waals surface area (Å²) in [7, 11) is 0. The first-order valence-corrected chi connectivity index (χ1v) is 12.4. The Morgan fingerprint density at radius 3 is 2.47 bits per heavy atom. The van der Waals surface area contributed by atoms with E-state index in [9.17, 15) is 4.79 Å². The van der Waals surface area contributed by atoms with E-state index in [1.54, 1.807) is 42.6 Å². The molecule has 0 aliphatic carbocycles. The van der Waals surface area contributed by atoms with Crippen molar-refractivity contribution in [1.29, 1.82) is 5.26 Å². The number of carbonyl (C=O) groups excluding carboxylic acids is 1. The molecule has 2 aromatic carbocycles. The first-order chi connectivity index (χ1) is 17.5. The van der Waals surface area contributed by atoms with Crippen molar-refractivity contribution in [2.45, 2.75) is 45.9 Å². The average Bonchev–Trinajstić information content (AvgIpc) is 3.38. The molecular formula is C29H32N4O3. The van der Waals surface area contributed by atoms with Crippen molar-refractivity contribution < 1.29 is 14.3 Å². The molecule has 4 rings (SSSR count). The molecule has 36 heavy (non-hydrogen) atoms. The molecule has 1 aromatic heterocycles. The van der Waals surface area contributed by atoms with Crippen LogP contribution in [0, 0.1) is 11.3 Å². The summed E-state index contributed by atoms with van der Waals surface area (Å²) in [5.74, 6) is 1.84. The number of ether oxygens (including phenoxy) is 2. The Labute approximate surface area is 212 Å². The van der Waals surface area contributed by atoms with Gasteiger partial charge in [-0.05, 0) is 80.9 Å². The number of nitrogens with zero attached hydrogens (tertiary/aromatic N) is 4. The van der Waals surface area contributed by atoms with Crippen LogP contribution in [0.25, 0.3) is 0 Å². The third kappa shape index (κ3) is 6.21. The molecule has 0 saturated carbocycles. The highest BCUT2D eigenvalue weighted by Gasteiger charge is 2.30. The number of hydrogen-bond acceptors (Lipinski definition) is 7. The number of esters is 1. The highest BCUT2D eigenvalue weighted by Crippen LogP contribution is 2.27. The first-order valence-electron chi connectivity index (χ1n) is 12.4. The fourth-order valence-electron chi connectivity index (χ4n) is 4.45. The summed E-state index contributed by atoms with van der Waals surface area (Å²) < 4.78 is 11.3. The summed E-state index contributed by atoms with van der Waals surface area (Å²) in [6, 6.07) is 21.3. The summed E-state index contributed by atoms with van der Waals surface area (Å²) in [6.07, 6.45) is 2.56. The minimum Gasteiger partial charge on any atom is -0.459 e. The number of hydrogen-bond donors (Lipinski definition) is 0. The average molecular weight is 485 g/mol. The van der Waals surface area contributed by atoms with Crippen LogP contribution in [-0.2, 0) is 11.3 Å². The zero-order chi connectivity index (χ0) is 25.5. The molecule has 3 aromatic rings. The monoisotopic (exact) mass is 484 g/mol. The van der Waals surface area contributed by atoms with Crippen LogP contribution < -0.4 is 9.64 Å². The van der Waals surface area contributed by atoms with E-state index in [1.165, 1.54) is 5.56 Å². The lowest BCUT2D eigenvalue weighted by atomic mass is 10.1. The first kappa shape index (κ1) is 25.2. The Kier molecular flexibility index (Phi) is 8.19. The number of carbonyl (C=O) groups is 1. The van der Waals surface area contributed by atoms with Gasteiger partial charge in [0, 0.05) is 31.9 Å². The van der Waals surface area contributed by atoms with Gasteiger partial charge in [-0.25, -0.2) is 9.78 Å². The smallest absolute Gasteiger partial charge is 0.342 e. The molecule has 1 atom stereocenters. The molecule has 186 valence electrons. The van der Waals surface area contributed by atoms with Gasteiger partial charge in [0.2, 0.25) is 0 Å². The number of nitriles is 1. The Balaban J connectivity index is 1.38. The largest absolute Gasteiger partial charge is 0.459 e. The van der Waals surface area contributed by atoms with Gasteiger partial charge in [0.05, 0.1) is 17.7 Å². The van der Waals surface area contributed by atoms with Gasteiger partial charge in [0.25, 0.3) is 0 Å². The molecule has 0 amide bonds.